The van der Waals surface area contributed by atoms with Crippen LogP contribution in [0.5, 0.6) is 5.75 Å². The van der Waals surface area contributed by atoms with Gasteiger partial charge >= 0.3 is 0 Å². The first-order valence-corrected chi connectivity index (χ1v) is 15.4. The highest BCUT2D eigenvalue weighted by molar-refractivity contribution is 6.01. The molecule has 3 saturated carbocycles. The Morgan fingerprint density at radius 1 is 1.20 bits per heavy atom. The molecule has 44 heavy (non-hydrogen) atoms. The lowest BCUT2D eigenvalue weighted by molar-refractivity contribution is -0.201. The Bertz CT molecular complexity index is 1590. The van der Waals surface area contributed by atoms with E-state index in [0.29, 0.717) is 17.9 Å². The SMILES string of the molecule is C[C@]12C=CC(=O)C=C1CC[C@@H]1[C@@H]2[C@@H](O)C[C@@]2(C)[C@H]1C[C@H]1OC(c3cc(OCc4cccc(N)c4)ccc3F)O[C@]12C(=O)CO. The van der Waals surface area contributed by atoms with E-state index in [2.05, 4.69) is 6.92 Å². The standard InChI is InChI=1S/C35H38FNO7/c1-33-11-10-22(39)13-20(33)6-8-24-26-15-30-35(29(41)17-38,34(26,2)16-28(40)31(24)33)44-32(43-30)25-14-23(7-9-27(25)36)42-18-19-4-3-5-21(37)12-19/h3-5,7,9-14,24,26,28,30-32,38,40H,6,8,15-18,37H2,1-2H3/t24-,26-,28-,30+,31+,32?,33-,34-,35+/m0/s1. The van der Waals surface area contributed by atoms with Crippen molar-refractivity contribution in [3.63, 3.8) is 0 Å². The van der Waals surface area contributed by atoms with Crippen LogP contribution in [-0.4, -0.2) is 46.2 Å². The highest BCUT2D eigenvalue weighted by atomic mass is 19.1. The molecule has 9 heteroatoms. The van der Waals surface area contributed by atoms with Crippen molar-refractivity contribution < 1.29 is 38.4 Å². The molecular formula is C35H38FNO7. The first-order chi connectivity index (χ1) is 21.0. The number of benzene rings is 2. The highest BCUT2D eigenvalue weighted by Gasteiger charge is 2.76. The lowest BCUT2D eigenvalue weighted by Crippen LogP contribution is -2.63. The van der Waals surface area contributed by atoms with Gasteiger partial charge in [-0.3, -0.25) is 9.59 Å². The third kappa shape index (κ3) is 4.16. The van der Waals surface area contributed by atoms with Crippen molar-refractivity contribution in [3.8, 4) is 5.75 Å². The zero-order valence-corrected chi connectivity index (χ0v) is 24.9. The predicted octanol–water partition coefficient (Wildman–Crippen LogP) is 4.59. The number of fused-ring (bicyclic) bond motifs is 7. The third-order valence-electron chi connectivity index (χ3n) is 11.4. The van der Waals surface area contributed by atoms with Gasteiger partial charge in [-0.15, -0.1) is 0 Å². The van der Waals surface area contributed by atoms with Crippen molar-refractivity contribution in [1.29, 1.82) is 0 Å². The molecule has 1 heterocycles. The number of allylic oxidation sites excluding steroid dienone is 4. The smallest absolute Gasteiger partial charge is 0.193 e. The quantitative estimate of drug-likeness (QED) is 0.409. The fourth-order valence-electron chi connectivity index (χ4n) is 9.47. The summed E-state index contributed by atoms with van der Waals surface area (Å²) in [6, 6.07) is 11.6. The number of aliphatic hydroxyl groups is 2. The number of nitrogen functional groups attached to an aromatic ring is 1. The molecule has 8 nitrogen and oxygen atoms in total. The van der Waals surface area contributed by atoms with Gasteiger partial charge in [-0.05, 0) is 85.6 Å². The van der Waals surface area contributed by atoms with Gasteiger partial charge in [0.2, 0.25) is 0 Å². The Kier molecular flexibility index (Phi) is 6.90. The number of aliphatic hydroxyl groups excluding tert-OH is 2. The lowest BCUT2D eigenvalue weighted by Gasteiger charge is -2.59. The van der Waals surface area contributed by atoms with Crippen LogP contribution in [0, 0.1) is 34.4 Å². The van der Waals surface area contributed by atoms with E-state index < -0.39 is 53.1 Å². The van der Waals surface area contributed by atoms with Crippen molar-refractivity contribution in [2.45, 2.75) is 70.2 Å². The van der Waals surface area contributed by atoms with Gasteiger partial charge in [-0.25, -0.2) is 4.39 Å². The van der Waals surface area contributed by atoms with E-state index in [-0.39, 0.29) is 42.1 Å². The Balaban J connectivity index is 1.19. The number of hydrogen-bond donors (Lipinski definition) is 3. The molecule has 0 bridgehead atoms. The lowest BCUT2D eigenvalue weighted by atomic mass is 9.46. The zero-order chi connectivity index (χ0) is 31.0. The summed E-state index contributed by atoms with van der Waals surface area (Å²) >= 11 is 0. The molecule has 7 rings (SSSR count). The van der Waals surface area contributed by atoms with Crippen LogP contribution < -0.4 is 10.5 Å². The molecule has 0 aromatic heterocycles. The van der Waals surface area contributed by atoms with Gasteiger partial charge in [-0.2, -0.15) is 0 Å². The van der Waals surface area contributed by atoms with Crippen LogP contribution in [0.25, 0.3) is 0 Å². The normalized spacial score (nSPS) is 38.8. The number of carbonyl (C=O) groups is 2. The van der Waals surface area contributed by atoms with Gasteiger partial charge in [0.1, 0.15) is 24.8 Å². The molecule has 4 fully saturated rings. The predicted molar refractivity (Wildman–Crippen MR) is 158 cm³/mol. The van der Waals surface area contributed by atoms with Gasteiger partial charge in [0.25, 0.3) is 0 Å². The summed E-state index contributed by atoms with van der Waals surface area (Å²) in [6.07, 6.45) is 4.68. The first-order valence-electron chi connectivity index (χ1n) is 15.4. The summed E-state index contributed by atoms with van der Waals surface area (Å²) in [4.78, 5) is 25.9. The van der Waals surface area contributed by atoms with E-state index in [9.17, 15) is 19.8 Å². The number of rotatable bonds is 6. The zero-order valence-electron chi connectivity index (χ0n) is 24.9. The van der Waals surface area contributed by atoms with Crippen molar-refractivity contribution >= 4 is 17.3 Å². The van der Waals surface area contributed by atoms with Crippen molar-refractivity contribution in [2.24, 2.45) is 28.6 Å². The van der Waals surface area contributed by atoms with Gasteiger partial charge in [0.05, 0.1) is 12.2 Å². The molecule has 2 aromatic carbocycles. The summed E-state index contributed by atoms with van der Waals surface area (Å²) in [6.45, 7) is 3.49. The second kappa shape index (κ2) is 10.3. The molecule has 0 amide bonds. The minimum Gasteiger partial charge on any atom is -0.489 e. The number of halogens is 1. The van der Waals surface area contributed by atoms with Crippen LogP contribution in [0.2, 0.25) is 0 Å². The van der Waals surface area contributed by atoms with Gasteiger partial charge < -0.3 is 30.2 Å². The maximum atomic E-state index is 15.3. The maximum absolute atomic E-state index is 15.3. The summed E-state index contributed by atoms with van der Waals surface area (Å²) in [7, 11) is 0. The number of Topliss-reactive ketones (excluding diaryl/α,β-unsaturated/α-hetero) is 1. The minimum absolute atomic E-state index is 0.0313. The molecule has 4 aliphatic carbocycles. The molecule has 1 unspecified atom stereocenters. The van der Waals surface area contributed by atoms with Crippen LogP contribution in [0.1, 0.15) is 56.9 Å². The van der Waals surface area contributed by atoms with Gasteiger partial charge in [0.15, 0.2) is 23.5 Å². The van der Waals surface area contributed by atoms with Crippen LogP contribution in [0.15, 0.2) is 66.3 Å². The number of anilines is 1. The fourth-order valence-corrected chi connectivity index (χ4v) is 9.47. The Morgan fingerprint density at radius 2 is 2.02 bits per heavy atom. The topological polar surface area (TPSA) is 128 Å². The van der Waals surface area contributed by atoms with E-state index in [1.807, 2.05) is 25.1 Å². The Hall–Kier alpha value is -3.37. The number of ether oxygens (including phenoxy) is 3. The number of ketones is 2. The number of carbonyl (C=O) groups excluding carboxylic acids is 2. The first kappa shape index (κ1) is 29.3. The molecule has 5 aliphatic rings. The van der Waals surface area contributed by atoms with E-state index in [0.717, 1.165) is 24.0 Å². The van der Waals surface area contributed by atoms with E-state index >= 15 is 4.39 Å². The monoisotopic (exact) mass is 603 g/mol. The molecular weight excluding hydrogens is 565 g/mol. The molecule has 9 atom stereocenters. The molecule has 232 valence electrons. The Labute approximate surface area is 255 Å². The average Bonchev–Trinajstić information content (AvgIpc) is 3.49. The van der Waals surface area contributed by atoms with Crippen LogP contribution >= 0.6 is 0 Å². The largest absolute Gasteiger partial charge is 0.489 e. The molecule has 2 aromatic rings. The molecule has 0 spiro atoms. The molecule has 1 aliphatic heterocycles. The maximum Gasteiger partial charge on any atom is 0.193 e. The van der Waals surface area contributed by atoms with Gasteiger partial charge in [0, 0.05) is 28.0 Å². The van der Waals surface area contributed by atoms with E-state index in [1.165, 1.54) is 18.2 Å². The van der Waals surface area contributed by atoms with Crippen LogP contribution in [-0.2, 0) is 25.7 Å². The number of nitrogens with two attached hydrogens (primary N) is 1. The molecule has 0 radical (unpaired) electrons. The second-order valence-electron chi connectivity index (χ2n) is 13.6. The fraction of sp³-hybridized carbons (Fsp3) is 0.486. The van der Waals surface area contributed by atoms with Crippen LogP contribution in [0.3, 0.4) is 0 Å². The van der Waals surface area contributed by atoms with Crippen molar-refractivity contribution in [3.05, 3.63) is 83.2 Å². The highest BCUT2D eigenvalue weighted by Crippen LogP contribution is 2.70. The minimum atomic E-state index is -1.57. The van der Waals surface area contributed by atoms with E-state index in [1.54, 1.807) is 24.3 Å². The number of hydrogen-bond acceptors (Lipinski definition) is 8. The van der Waals surface area contributed by atoms with E-state index in [4.69, 9.17) is 19.9 Å². The molecule has 1 saturated heterocycles. The van der Waals surface area contributed by atoms with Gasteiger partial charge in [-0.1, -0.05) is 37.6 Å². The second-order valence-corrected chi connectivity index (χ2v) is 13.6. The molecule has 4 N–H and O–H groups in total. The summed E-state index contributed by atoms with van der Waals surface area (Å²) < 4.78 is 34.2. The van der Waals surface area contributed by atoms with Crippen molar-refractivity contribution in [2.75, 3.05) is 12.3 Å². The summed E-state index contributed by atoms with van der Waals surface area (Å²) in [5, 5.41) is 22.0. The van der Waals surface area contributed by atoms with Crippen LogP contribution in [0.4, 0.5) is 10.1 Å². The van der Waals surface area contributed by atoms with Crippen molar-refractivity contribution in [1.82, 2.24) is 0 Å². The average molecular weight is 604 g/mol. The summed E-state index contributed by atoms with van der Waals surface area (Å²) in [5.74, 6) is -0.903. The Morgan fingerprint density at radius 3 is 2.80 bits per heavy atom. The third-order valence-corrected chi connectivity index (χ3v) is 11.4. The summed E-state index contributed by atoms with van der Waals surface area (Å²) in [5.41, 5.74) is 5.56.